The van der Waals surface area contributed by atoms with E-state index in [9.17, 15) is 9.59 Å². The summed E-state index contributed by atoms with van der Waals surface area (Å²) < 4.78 is 2.00. The number of amides is 2. The molecule has 1 atom stereocenters. The van der Waals surface area contributed by atoms with Crippen molar-refractivity contribution in [2.75, 3.05) is 20.6 Å². The monoisotopic (exact) mass is 362 g/mol. The molecule has 6 heteroatoms. The van der Waals surface area contributed by atoms with Crippen LogP contribution in [-0.4, -0.2) is 57.8 Å². The van der Waals surface area contributed by atoms with Gasteiger partial charge < -0.3 is 9.80 Å². The van der Waals surface area contributed by atoms with E-state index in [0.717, 1.165) is 29.6 Å². The lowest BCUT2D eigenvalue weighted by molar-refractivity contribution is -0.132. The number of para-hydroxylation sites is 2. The number of rotatable bonds is 3. The summed E-state index contributed by atoms with van der Waals surface area (Å²) in [5.74, 6) is -0.0999. The first-order valence-corrected chi connectivity index (χ1v) is 9.11. The van der Waals surface area contributed by atoms with Crippen molar-refractivity contribution in [3.63, 3.8) is 0 Å². The summed E-state index contributed by atoms with van der Waals surface area (Å²) in [7, 11) is 3.46. The Balaban J connectivity index is 1.59. The predicted octanol–water partition coefficient (Wildman–Crippen LogP) is 2.72. The lowest BCUT2D eigenvalue weighted by Crippen LogP contribution is -2.45. The molecule has 2 heterocycles. The van der Waals surface area contributed by atoms with E-state index in [4.69, 9.17) is 0 Å². The van der Waals surface area contributed by atoms with Gasteiger partial charge in [-0.3, -0.25) is 14.2 Å². The van der Waals surface area contributed by atoms with Crippen molar-refractivity contribution in [1.29, 1.82) is 0 Å². The molecule has 1 unspecified atom stereocenters. The molecule has 0 radical (unpaired) electrons. The lowest BCUT2D eigenvalue weighted by Gasteiger charge is -2.26. The fourth-order valence-corrected chi connectivity index (χ4v) is 3.66. The quantitative estimate of drug-likeness (QED) is 0.720. The van der Waals surface area contributed by atoms with Crippen molar-refractivity contribution in [1.82, 2.24) is 19.4 Å². The van der Waals surface area contributed by atoms with Crippen LogP contribution in [0.1, 0.15) is 23.2 Å². The van der Waals surface area contributed by atoms with Gasteiger partial charge in [0, 0.05) is 31.9 Å². The number of imidazole rings is 1. The van der Waals surface area contributed by atoms with Crippen LogP contribution in [0.2, 0.25) is 0 Å². The van der Waals surface area contributed by atoms with Gasteiger partial charge in [-0.2, -0.15) is 0 Å². The predicted molar refractivity (Wildman–Crippen MR) is 104 cm³/mol. The number of likely N-dealkylation sites (tertiary alicyclic amines) is 1. The van der Waals surface area contributed by atoms with E-state index in [2.05, 4.69) is 4.98 Å². The normalized spacial score (nSPS) is 16.7. The van der Waals surface area contributed by atoms with E-state index in [0.29, 0.717) is 12.1 Å². The SMILES string of the molecule is CN(C)C(=O)C1CCCN1C(=O)c1ccc(-n2cnc3ccccc32)cc1. The van der Waals surface area contributed by atoms with Crippen LogP contribution in [0.3, 0.4) is 0 Å². The number of nitrogens with zero attached hydrogens (tertiary/aromatic N) is 4. The zero-order chi connectivity index (χ0) is 19.0. The number of fused-ring (bicyclic) bond motifs is 1. The number of benzene rings is 2. The molecule has 0 aliphatic carbocycles. The summed E-state index contributed by atoms with van der Waals surface area (Å²) in [6.07, 6.45) is 3.37. The Morgan fingerprint density at radius 2 is 1.81 bits per heavy atom. The maximum absolute atomic E-state index is 12.9. The number of carbonyl (C=O) groups excluding carboxylic acids is 2. The number of hydrogen-bond donors (Lipinski definition) is 0. The van der Waals surface area contributed by atoms with E-state index < -0.39 is 0 Å². The second kappa shape index (κ2) is 6.87. The highest BCUT2D eigenvalue weighted by Gasteiger charge is 2.35. The molecule has 0 saturated carbocycles. The van der Waals surface area contributed by atoms with Crippen molar-refractivity contribution >= 4 is 22.8 Å². The van der Waals surface area contributed by atoms with Gasteiger partial charge in [0.2, 0.25) is 5.91 Å². The largest absolute Gasteiger partial charge is 0.347 e. The Labute approximate surface area is 158 Å². The molecule has 1 aliphatic heterocycles. The Morgan fingerprint density at radius 3 is 2.56 bits per heavy atom. The Morgan fingerprint density at radius 1 is 1.07 bits per heavy atom. The van der Waals surface area contributed by atoms with Gasteiger partial charge >= 0.3 is 0 Å². The minimum absolute atomic E-state index is 0.0117. The molecule has 2 amide bonds. The molecular weight excluding hydrogens is 340 g/mol. The van der Waals surface area contributed by atoms with Crippen LogP contribution in [0.25, 0.3) is 16.7 Å². The zero-order valence-electron chi connectivity index (χ0n) is 15.5. The molecule has 6 nitrogen and oxygen atoms in total. The highest BCUT2D eigenvalue weighted by atomic mass is 16.2. The van der Waals surface area contributed by atoms with Gasteiger partial charge in [0.05, 0.1) is 11.0 Å². The van der Waals surface area contributed by atoms with Crippen LogP contribution in [0, 0.1) is 0 Å². The molecule has 0 spiro atoms. The summed E-state index contributed by atoms with van der Waals surface area (Å²) in [4.78, 5) is 32.9. The smallest absolute Gasteiger partial charge is 0.254 e. The fraction of sp³-hybridized carbons (Fsp3) is 0.286. The second-order valence-corrected chi connectivity index (χ2v) is 7.04. The van der Waals surface area contributed by atoms with Crippen LogP contribution in [0.5, 0.6) is 0 Å². The van der Waals surface area contributed by atoms with Crippen molar-refractivity contribution in [2.45, 2.75) is 18.9 Å². The zero-order valence-corrected chi connectivity index (χ0v) is 15.5. The third-order valence-corrected chi connectivity index (χ3v) is 5.09. The van der Waals surface area contributed by atoms with Crippen LogP contribution in [-0.2, 0) is 4.79 Å². The molecular formula is C21H22N4O2. The Bertz CT molecular complexity index is 991. The molecule has 1 fully saturated rings. The van der Waals surface area contributed by atoms with E-state index in [1.165, 1.54) is 0 Å². The van der Waals surface area contributed by atoms with E-state index >= 15 is 0 Å². The standard InChI is InChI=1S/C21H22N4O2/c1-23(2)21(27)19-8-5-13-24(19)20(26)15-9-11-16(12-10-15)25-14-22-17-6-3-4-7-18(17)25/h3-4,6-7,9-12,14,19H,5,8,13H2,1-2H3. The van der Waals surface area contributed by atoms with Crippen LogP contribution in [0.15, 0.2) is 54.9 Å². The van der Waals surface area contributed by atoms with Gasteiger partial charge in [0.15, 0.2) is 0 Å². The van der Waals surface area contributed by atoms with E-state index in [-0.39, 0.29) is 17.9 Å². The molecule has 4 rings (SSSR count). The molecule has 27 heavy (non-hydrogen) atoms. The summed E-state index contributed by atoms with van der Waals surface area (Å²) in [5.41, 5.74) is 3.50. The maximum atomic E-state index is 12.9. The molecule has 0 N–H and O–H groups in total. The first-order chi connectivity index (χ1) is 13.1. The third-order valence-electron chi connectivity index (χ3n) is 5.09. The molecule has 138 valence electrons. The van der Waals surface area contributed by atoms with Gasteiger partial charge in [-0.05, 0) is 49.2 Å². The summed E-state index contributed by atoms with van der Waals surface area (Å²) in [6, 6.07) is 15.0. The van der Waals surface area contributed by atoms with E-state index in [1.807, 2.05) is 53.1 Å². The van der Waals surface area contributed by atoms with Crippen molar-refractivity contribution in [2.24, 2.45) is 0 Å². The van der Waals surface area contributed by atoms with Gasteiger partial charge in [-0.15, -0.1) is 0 Å². The summed E-state index contributed by atoms with van der Waals surface area (Å²) >= 11 is 0. The highest BCUT2D eigenvalue weighted by Crippen LogP contribution is 2.23. The van der Waals surface area contributed by atoms with Crippen molar-refractivity contribution < 1.29 is 9.59 Å². The topological polar surface area (TPSA) is 58.4 Å². The molecule has 1 aliphatic rings. The highest BCUT2D eigenvalue weighted by molar-refractivity contribution is 5.98. The Kier molecular flexibility index (Phi) is 4.39. The van der Waals surface area contributed by atoms with Crippen molar-refractivity contribution in [3.8, 4) is 5.69 Å². The van der Waals surface area contributed by atoms with Gasteiger partial charge in [0.1, 0.15) is 12.4 Å². The minimum atomic E-state index is -0.357. The minimum Gasteiger partial charge on any atom is -0.347 e. The summed E-state index contributed by atoms with van der Waals surface area (Å²) in [5, 5.41) is 0. The van der Waals surface area contributed by atoms with Gasteiger partial charge in [-0.1, -0.05) is 12.1 Å². The molecule has 1 aromatic heterocycles. The maximum Gasteiger partial charge on any atom is 0.254 e. The first kappa shape index (κ1) is 17.3. The number of aromatic nitrogens is 2. The Hall–Kier alpha value is -3.15. The summed E-state index contributed by atoms with van der Waals surface area (Å²) in [6.45, 7) is 0.622. The molecule has 0 bridgehead atoms. The number of likely N-dealkylation sites (N-methyl/N-ethyl adjacent to an activating group) is 1. The van der Waals surface area contributed by atoms with Gasteiger partial charge in [0.25, 0.3) is 5.91 Å². The lowest BCUT2D eigenvalue weighted by atomic mass is 10.1. The average molecular weight is 362 g/mol. The second-order valence-electron chi connectivity index (χ2n) is 7.04. The average Bonchev–Trinajstić information content (AvgIpc) is 3.34. The molecule has 2 aromatic carbocycles. The number of carbonyl (C=O) groups is 2. The fourth-order valence-electron chi connectivity index (χ4n) is 3.66. The van der Waals surface area contributed by atoms with Crippen molar-refractivity contribution in [3.05, 3.63) is 60.4 Å². The molecule has 1 saturated heterocycles. The molecule has 3 aromatic rings. The third kappa shape index (κ3) is 3.07. The van der Waals surface area contributed by atoms with Crippen LogP contribution in [0.4, 0.5) is 0 Å². The van der Waals surface area contributed by atoms with Gasteiger partial charge in [-0.25, -0.2) is 4.98 Å². The first-order valence-electron chi connectivity index (χ1n) is 9.11. The van der Waals surface area contributed by atoms with E-state index in [1.54, 1.807) is 30.2 Å². The van der Waals surface area contributed by atoms with Crippen LogP contribution >= 0.6 is 0 Å². The number of hydrogen-bond acceptors (Lipinski definition) is 3. The van der Waals surface area contributed by atoms with Crippen LogP contribution < -0.4 is 0 Å².